The van der Waals surface area contributed by atoms with Gasteiger partial charge in [0.15, 0.2) is 0 Å². The van der Waals surface area contributed by atoms with Crippen LogP contribution in [0.1, 0.15) is 93.9 Å². The van der Waals surface area contributed by atoms with Gasteiger partial charge in [0.05, 0.1) is 12.7 Å². The maximum absolute atomic E-state index is 4.56. The first-order chi connectivity index (χ1) is 17.6. The minimum absolute atomic E-state index is 0.575. The van der Waals surface area contributed by atoms with Crippen molar-refractivity contribution in [3.05, 3.63) is 13.3 Å². The van der Waals surface area contributed by atoms with E-state index in [1.807, 2.05) is 12.7 Å². The van der Waals surface area contributed by atoms with E-state index in [9.17, 15) is 0 Å². The summed E-state index contributed by atoms with van der Waals surface area (Å²) in [6.07, 6.45) is 12.0. The molecule has 0 saturated heterocycles. The average molecular weight is 739 g/mol. The Morgan fingerprint density at radius 2 is 1.11 bits per heavy atom. The van der Waals surface area contributed by atoms with E-state index < -0.39 is 0 Å². The van der Waals surface area contributed by atoms with E-state index >= 15 is 0 Å². The molecule has 0 unspecified atom stereocenters. The van der Waals surface area contributed by atoms with Gasteiger partial charge < -0.3 is 19.8 Å². The van der Waals surface area contributed by atoms with Crippen LogP contribution in [0.2, 0.25) is 0 Å². The molecule has 2 fully saturated rings. The van der Waals surface area contributed by atoms with Gasteiger partial charge in [0, 0.05) is 12.1 Å². The molecule has 9 heteroatoms. The van der Waals surface area contributed by atoms with Gasteiger partial charge in [-0.05, 0) is 88.1 Å². The number of halogens is 2. The fraction of sp³-hybridized carbons (Fsp3) is 0.857. The Labute approximate surface area is 250 Å². The van der Waals surface area contributed by atoms with Crippen molar-refractivity contribution in [3.63, 3.8) is 0 Å². The fourth-order valence-corrected chi connectivity index (χ4v) is 6.26. The van der Waals surface area contributed by atoms with Crippen molar-refractivity contribution in [2.24, 2.45) is 45.7 Å². The predicted octanol–water partition coefficient (Wildman–Crippen LogP) is 7.98. The molecule has 0 bridgehead atoms. The Bertz CT molecular complexity index is 638. The summed E-state index contributed by atoms with van der Waals surface area (Å²) in [5, 5.41) is 13.5. The van der Waals surface area contributed by atoms with Crippen molar-refractivity contribution >= 4 is 39.5 Å². The molecule has 0 aromatic heterocycles. The first-order valence-corrected chi connectivity index (χ1v) is 21.4. The van der Waals surface area contributed by atoms with Gasteiger partial charge in [0.2, 0.25) is 0 Å². The fourth-order valence-electron chi connectivity index (χ4n) is 6.26. The Kier molecular flexibility index (Phi) is 15.4. The van der Waals surface area contributed by atoms with Crippen LogP contribution in [-0.4, -0.2) is 57.7 Å². The van der Waals surface area contributed by atoms with Crippen molar-refractivity contribution in [1.29, 1.82) is 0 Å². The Hall–Kier alpha value is 0.162. The van der Waals surface area contributed by atoms with Gasteiger partial charge in [-0.15, -0.1) is 13.3 Å². The first-order valence-electron chi connectivity index (χ1n) is 14.3. The summed E-state index contributed by atoms with van der Waals surface area (Å²) in [5.74, 6) is 4.77. The third-order valence-electron chi connectivity index (χ3n) is 8.58. The van der Waals surface area contributed by atoms with Gasteiger partial charge in [-0.25, -0.2) is 10.2 Å². The van der Waals surface area contributed by atoms with Gasteiger partial charge in [-0.3, -0.25) is 0 Å². The molecule has 0 amide bonds. The van der Waals surface area contributed by atoms with Gasteiger partial charge in [-0.2, -0.15) is 0 Å². The SMILES string of the molecule is CCN1C=NN([C@H]2C[C@H](C)CC[C@H]2C(C)C)[CH-]1.CCN1C=NN([C@H]2C[C@H](C)CC[C@H]2C(C)C)[CH-]1.[Br][Pd][Br]. The Morgan fingerprint density at radius 1 is 0.757 bits per heavy atom. The monoisotopic (exact) mass is 736 g/mol. The van der Waals surface area contributed by atoms with Crippen LogP contribution in [0.4, 0.5) is 0 Å². The zero-order valence-electron chi connectivity index (χ0n) is 24.3. The molecule has 2 aliphatic heterocycles. The average Bonchev–Trinajstić information content (AvgIpc) is 3.54. The summed E-state index contributed by atoms with van der Waals surface area (Å²) in [6, 6.07) is 1.21. The number of rotatable bonds is 6. The number of hydrogen-bond donors (Lipinski definition) is 0. The van der Waals surface area contributed by atoms with Crippen molar-refractivity contribution in [2.45, 2.75) is 106 Å². The van der Waals surface area contributed by atoms with Gasteiger partial charge in [0.1, 0.15) is 0 Å². The molecule has 6 atom stereocenters. The zero-order valence-corrected chi connectivity index (χ0v) is 29.1. The molecular weight excluding hydrogens is 687 g/mol. The summed E-state index contributed by atoms with van der Waals surface area (Å²) in [4.78, 5) is 4.33. The van der Waals surface area contributed by atoms with E-state index in [1.54, 1.807) is 0 Å². The van der Waals surface area contributed by atoms with E-state index in [-0.39, 0.29) is 0 Å². The van der Waals surface area contributed by atoms with Crippen LogP contribution >= 0.6 is 26.9 Å². The molecule has 0 aromatic rings. The van der Waals surface area contributed by atoms with Crippen LogP contribution in [0, 0.1) is 48.8 Å². The molecule has 0 spiro atoms. The first kappa shape index (κ1) is 33.4. The van der Waals surface area contributed by atoms with Crippen molar-refractivity contribution < 1.29 is 13.9 Å². The van der Waals surface area contributed by atoms with Gasteiger partial charge in [0.25, 0.3) is 0 Å². The van der Waals surface area contributed by atoms with Crippen LogP contribution in [0.15, 0.2) is 10.2 Å². The molecule has 4 rings (SSSR count). The molecule has 2 saturated carbocycles. The number of hydrazone groups is 2. The van der Waals surface area contributed by atoms with Crippen molar-refractivity contribution in [3.8, 4) is 0 Å². The second-order valence-corrected chi connectivity index (χ2v) is 19.1. The topological polar surface area (TPSA) is 37.7 Å². The molecule has 4 aliphatic rings. The third kappa shape index (κ3) is 10.3. The van der Waals surface area contributed by atoms with Crippen LogP contribution in [0.3, 0.4) is 0 Å². The van der Waals surface area contributed by atoms with E-state index in [4.69, 9.17) is 0 Å². The van der Waals surface area contributed by atoms with E-state index in [1.165, 1.54) is 38.5 Å². The van der Waals surface area contributed by atoms with Crippen LogP contribution < -0.4 is 0 Å². The zero-order chi connectivity index (χ0) is 27.5. The van der Waals surface area contributed by atoms with Crippen LogP contribution in [0.5, 0.6) is 0 Å². The molecule has 6 nitrogen and oxygen atoms in total. The van der Waals surface area contributed by atoms with E-state index in [0.29, 0.717) is 26.0 Å². The Balaban J connectivity index is 0.000000235. The maximum atomic E-state index is 4.56. The van der Waals surface area contributed by atoms with Crippen LogP contribution in [-0.2, 0) is 13.9 Å². The second-order valence-electron chi connectivity index (χ2n) is 11.9. The van der Waals surface area contributed by atoms with Crippen molar-refractivity contribution in [1.82, 2.24) is 19.8 Å². The van der Waals surface area contributed by atoms with Crippen LogP contribution in [0.25, 0.3) is 0 Å². The quantitative estimate of drug-likeness (QED) is 0.205. The summed E-state index contributed by atoms with van der Waals surface area (Å²) < 4.78 is 0. The van der Waals surface area contributed by atoms with E-state index in [2.05, 4.69) is 126 Å². The minimum atomic E-state index is 0.575. The van der Waals surface area contributed by atoms with Gasteiger partial charge in [-0.1, -0.05) is 54.4 Å². The van der Waals surface area contributed by atoms with Crippen molar-refractivity contribution in [2.75, 3.05) is 13.1 Å². The molecule has 0 N–H and O–H groups in total. The van der Waals surface area contributed by atoms with Gasteiger partial charge >= 0.3 is 40.8 Å². The number of hydrogen-bond acceptors (Lipinski definition) is 6. The summed E-state index contributed by atoms with van der Waals surface area (Å²) in [5.41, 5.74) is 0. The molecule has 37 heavy (non-hydrogen) atoms. The standard InChI is InChI=1S/2C14H26N3.2BrH.Pd/c2*1-5-16-9-15-17(10-16)14-8-12(4)6-7-13(14)11(2)3;;;/h2*9-14H,5-8H2,1-4H3;2*1H;/q2*-1;;;+2/p-2/t2*12-,13+,14+;;;/m11.../s1. The normalized spacial score (nSPS) is 31.7. The summed E-state index contributed by atoms with van der Waals surface area (Å²) in [7, 11) is 0. The molecule has 220 valence electrons. The number of nitrogens with zero attached hydrogens (tertiary/aromatic N) is 6. The molecule has 0 aromatic carbocycles. The summed E-state index contributed by atoms with van der Waals surface area (Å²) in [6.45, 7) is 24.9. The Morgan fingerprint density at radius 3 is 1.38 bits per heavy atom. The molecule has 2 heterocycles. The second kappa shape index (κ2) is 17.1. The molecule has 2 aliphatic carbocycles. The molecule has 0 radical (unpaired) electrons. The predicted molar refractivity (Wildman–Crippen MR) is 162 cm³/mol. The third-order valence-corrected chi connectivity index (χ3v) is 8.58. The van der Waals surface area contributed by atoms with E-state index in [0.717, 1.165) is 48.6 Å². The summed E-state index contributed by atoms with van der Waals surface area (Å²) >= 11 is 6.80. The molecular formula is C28H52Br2N6Pd-2.